The molecule has 0 radical (unpaired) electrons. The summed E-state index contributed by atoms with van der Waals surface area (Å²) >= 11 is 0. The molecule has 10 aromatic carbocycles. The molecule has 0 N–H and O–H groups in total. The Hall–Kier alpha value is -7.88. The molecule has 0 aliphatic heterocycles. The number of fused-ring (bicyclic) bond motifs is 8. The first-order valence-electron chi connectivity index (χ1n) is 20.2. The molecule has 2 heterocycles. The zero-order valence-electron chi connectivity index (χ0n) is 32.0. The Morgan fingerprint density at radius 3 is 1.59 bits per heavy atom. The van der Waals surface area contributed by atoms with Crippen LogP contribution in [0.3, 0.4) is 0 Å². The molecule has 0 aliphatic rings. The predicted octanol–water partition coefficient (Wildman–Crippen LogP) is 14.9. The molecule has 0 spiro atoms. The minimum atomic E-state index is 0.692. The number of nitrogens with zero attached hydrogens (tertiary/aromatic N) is 3. The summed E-state index contributed by atoms with van der Waals surface area (Å²) in [4.78, 5) is 10.5. The largest absolute Gasteiger partial charge is 0.294 e. The van der Waals surface area contributed by atoms with Gasteiger partial charge in [-0.3, -0.25) is 4.57 Å². The lowest BCUT2D eigenvalue weighted by molar-refractivity contribution is 1.05. The Labute approximate surface area is 341 Å². The topological polar surface area (TPSA) is 30.7 Å². The lowest BCUT2D eigenvalue weighted by Gasteiger charge is -2.16. The third-order valence-electron chi connectivity index (χ3n) is 12.0. The summed E-state index contributed by atoms with van der Waals surface area (Å²) in [6.07, 6.45) is 0. The number of rotatable bonds is 5. The van der Waals surface area contributed by atoms with E-state index < -0.39 is 0 Å². The van der Waals surface area contributed by atoms with Crippen LogP contribution in [-0.2, 0) is 0 Å². The van der Waals surface area contributed by atoms with E-state index in [4.69, 9.17) is 9.97 Å². The normalized spacial score (nSPS) is 11.7. The van der Waals surface area contributed by atoms with Gasteiger partial charge in [-0.1, -0.05) is 188 Å². The van der Waals surface area contributed by atoms with Crippen LogP contribution < -0.4 is 0 Å². The van der Waals surface area contributed by atoms with Gasteiger partial charge in [0, 0.05) is 28.0 Å². The second-order valence-corrected chi connectivity index (χ2v) is 15.3. The van der Waals surface area contributed by atoms with Crippen molar-refractivity contribution < 1.29 is 0 Å². The molecule has 0 unspecified atom stereocenters. The molecule has 0 bridgehead atoms. The molecule has 0 fully saturated rings. The van der Waals surface area contributed by atoms with Crippen molar-refractivity contribution in [2.24, 2.45) is 0 Å². The molecule has 0 amide bonds. The van der Waals surface area contributed by atoms with E-state index in [-0.39, 0.29) is 0 Å². The number of benzene rings is 10. The Bertz CT molecular complexity index is 3550. The number of hydrogen-bond acceptors (Lipinski definition) is 2. The molecule has 12 aromatic rings. The first-order chi connectivity index (χ1) is 29.3. The van der Waals surface area contributed by atoms with Crippen LogP contribution in [0.1, 0.15) is 0 Å². The van der Waals surface area contributed by atoms with Crippen molar-refractivity contribution in [1.82, 2.24) is 14.5 Å². The van der Waals surface area contributed by atoms with Crippen LogP contribution in [-0.4, -0.2) is 14.5 Å². The second-order valence-electron chi connectivity index (χ2n) is 15.3. The van der Waals surface area contributed by atoms with Gasteiger partial charge in [0.15, 0.2) is 5.82 Å². The van der Waals surface area contributed by atoms with E-state index in [1.807, 2.05) is 18.2 Å². The van der Waals surface area contributed by atoms with Crippen LogP contribution in [0.5, 0.6) is 0 Å². The molecule has 274 valence electrons. The van der Waals surface area contributed by atoms with Gasteiger partial charge in [-0.2, -0.15) is 0 Å². The van der Waals surface area contributed by atoms with Crippen LogP contribution in [0.4, 0.5) is 0 Å². The van der Waals surface area contributed by atoms with Crippen LogP contribution in [0.15, 0.2) is 212 Å². The van der Waals surface area contributed by atoms with E-state index >= 15 is 0 Å². The van der Waals surface area contributed by atoms with Gasteiger partial charge in [0.2, 0.25) is 0 Å². The summed E-state index contributed by atoms with van der Waals surface area (Å²) in [5, 5.41) is 12.3. The fraction of sp³-hybridized carbons (Fsp3) is 0. The molecule has 12 rings (SSSR count). The summed E-state index contributed by atoms with van der Waals surface area (Å²) in [7, 11) is 0. The Kier molecular flexibility index (Phi) is 7.54. The monoisotopic (exact) mass is 749 g/mol. The number of para-hydroxylation sites is 2. The second kappa shape index (κ2) is 13.4. The molecule has 0 saturated heterocycles. The van der Waals surface area contributed by atoms with E-state index in [1.54, 1.807) is 0 Å². The Balaban J connectivity index is 1.02. The van der Waals surface area contributed by atoms with E-state index in [0.29, 0.717) is 5.82 Å². The van der Waals surface area contributed by atoms with E-state index in [1.165, 1.54) is 70.7 Å². The molecule has 59 heavy (non-hydrogen) atoms. The van der Waals surface area contributed by atoms with Crippen LogP contribution in [0.2, 0.25) is 0 Å². The fourth-order valence-electron chi connectivity index (χ4n) is 9.29. The zero-order valence-corrected chi connectivity index (χ0v) is 32.0. The highest BCUT2D eigenvalue weighted by atomic mass is 15.1. The highest BCUT2D eigenvalue weighted by Crippen LogP contribution is 2.42. The van der Waals surface area contributed by atoms with Crippen molar-refractivity contribution in [3.8, 4) is 50.7 Å². The summed E-state index contributed by atoms with van der Waals surface area (Å²) in [5.74, 6) is 1.53. The molecular formula is C56H35N3. The molecule has 0 aliphatic carbocycles. The van der Waals surface area contributed by atoms with Crippen molar-refractivity contribution in [2.75, 3.05) is 0 Å². The van der Waals surface area contributed by atoms with Crippen molar-refractivity contribution >= 4 is 64.9 Å². The van der Waals surface area contributed by atoms with E-state index in [0.717, 1.165) is 39.1 Å². The third kappa shape index (κ3) is 5.36. The van der Waals surface area contributed by atoms with E-state index in [2.05, 4.69) is 199 Å². The highest BCUT2D eigenvalue weighted by Gasteiger charge is 2.19. The van der Waals surface area contributed by atoms with Crippen molar-refractivity contribution in [1.29, 1.82) is 0 Å². The van der Waals surface area contributed by atoms with Gasteiger partial charge in [-0.15, -0.1) is 0 Å². The standard InChI is InChI=1S/C56H35N3/c1-2-15-39(16-3-1)56-57-51(35-54(58-56)59-52-24-12-10-22-47(52)48-23-11-13-25-53(48)59)46-33-32-42(44-20-8-9-21-45(44)46)37-26-28-38(29-27-37)55-43-19-7-5-17-40(43)34-50-41-18-6-4-14-36(41)30-31-49(50)55/h1-35H. The molecule has 3 heteroatoms. The predicted molar refractivity (Wildman–Crippen MR) is 248 cm³/mol. The van der Waals surface area contributed by atoms with Gasteiger partial charge < -0.3 is 0 Å². The molecule has 2 aromatic heterocycles. The van der Waals surface area contributed by atoms with Crippen LogP contribution >= 0.6 is 0 Å². The summed E-state index contributed by atoms with van der Waals surface area (Å²) < 4.78 is 2.28. The summed E-state index contributed by atoms with van der Waals surface area (Å²) in [5.41, 5.74) is 9.99. The Morgan fingerprint density at radius 1 is 0.305 bits per heavy atom. The SMILES string of the molecule is c1ccc(-c2nc(-c3ccc(-c4ccc(-c5c6ccccc6cc6c5ccc5ccccc56)cc4)c4ccccc34)cc(-n3c4ccccc4c4ccccc43)n2)cc1. The molecule has 3 nitrogen and oxygen atoms in total. The van der Waals surface area contributed by atoms with Gasteiger partial charge in [0.1, 0.15) is 5.82 Å². The van der Waals surface area contributed by atoms with Crippen molar-refractivity contribution in [2.45, 2.75) is 0 Å². The zero-order chi connectivity index (χ0) is 38.9. The lowest BCUT2D eigenvalue weighted by Crippen LogP contribution is -2.02. The average Bonchev–Trinajstić information content (AvgIpc) is 3.65. The van der Waals surface area contributed by atoms with Gasteiger partial charge in [-0.05, 0) is 83.5 Å². The summed E-state index contributed by atoms with van der Waals surface area (Å²) in [6, 6.07) is 76.3. The maximum Gasteiger partial charge on any atom is 0.162 e. The number of aromatic nitrogens is 3. The van der Waals surface area contributed by atoms with Gasteiger partial charge >= 0.3 is 0 Å². The maximum absolute atomic E-state index is 5.29. The van der Waals surface area contributed by atoms with Gasteiger partial charge in [-0.25, -0.2) is 9.97 Å². The summed E-state index contributed by atoms with van der Waals surface area (Å²) in [6.45, 7) is 0. The average molecular weight is 750 g/mol. The van der Waals surface area contributed by atoms with Crippen molar-refractivity contribution in [3.63, 3.8) is 0 Å². The van der Waals surface area contributed by atoms with Crippen molar-refractivity contribution in [3.05, 3.63) is 212 Å². The third-order valence-corrected chi connectivity index (χ3v) is 12.0. The highest BCUT2D eigenvalue weighted by molar-refractivity contribution is 6.20. The lowest BCUT2D eigenvalue weighted by atomic mass is 9.88. The molecular weight excluding hydrogens is 715 g/mol. The number of hydrogen-bond donors (Lipinski definition) is 0. The van der Waals surface area contributed by atoms with Crippen LogP contribution in [0.25, 0.3) is 116 Å². The Morgan fingerprint density at radius 2 is 0.864 bits per heavy atom. The fourth-order valence-corrected chi connectivity index (χ4v) is 9.29. The van der Waals surface area contributed by atoms with Crippen LogP contribution in [0, 0.1) is 0 Å². The van der Waals surface area contributed by atoms with Gasteiger partial charge in [0.25, 0.3) is 0 Å². The maximum atomic E-state index is 5.29. The first kappa shape index (κ1) is 33.3. The first-order valence-corrected chi connectivity index (χ1v) is 20.2. The minimum absolute atomic E-state index is 0.692. The smallest absolute Gasteiger partial charge is 0.162 e. The molecule has 0 saturated carbocycles. The van der Waals surface area contributed by atoms with E-state index in [9.17, 15) is 0 Å². The van der Waals surface area contributed by atoms with Gasteiger partial charge in [0.05, 0.1) is 16.7 Å². The molecule has 0 atom stereocenters. The quantitative estimate of drug-likeness (QED) is 0.130. The minimum Gasteiger partial charge on any atom is -0.294 e.